The summed E-state index contributed by atoms with van der Waals surface area (Å²) in [6.07, 6.45) is 1.37. The average molecular weight is 255 g/mol. The molecule has 0 aromatic carbocycles. The molecule has 1 amide bonds. The van der Waals surface area contributed by atoms with E-state index in [4.69, 9.17) is 9.47 Å². The van der Waals surface area contributed by atoms with E-state index in [-0.39, 0.29) is 12.5 Å². The highest BCUT2D eigenvalue weighted by molar-refractivity contribution is 6.23. The third-order valence-corrected chi connectivity index (χ3v) is 3.13. The summed E-state index contributed by atoms with van der Waals surface area (Å²) < 4.78 is 10.3. The van der Waals surface area contributed by atoms with E-state index >= 15 is 0 Å². The summed E-state index contributed by atoms with van der Waals surface area (Å²) in [7, 11) is 1.53. The monoisotopic (exact) mass is 255 g/mol. The van der Waals surface area contributed by atoms with Crippen LogP contribution in [0, 0.1) is 0 Å². The normalized spacial score (nSPS) is 28.8. The van der Waals surface area contributed by atoms with Crippen LogP contribution in [0.2, 0.25) is 0 Å². The first-order valence-electron chi connectivity index (χ1n) is 5.96. The van der Waals surface area contributed by atoms with Gasteiger partial charge in [-0.3, -0.25) is 9.69 Å². The molecule has 1 saturated heterocycles. The van der Waals surface area contributed by atoms with E-state index in [0.29, 0.717) is 26.3 Å². The van der Waals surface area contributed by atoms with Gasteiger partial charge in [0, 0.05) is 20.1 Å². The van der Waals surface area contributed by atoms with Crippen molar-refractivity contribution in [1.82, 2.24) is 9.91 Å². The van der Waals surface area contributed by atoms with Crippen LogP contribution in [-0.4, -0.2) is 73.5 Å². The van der Waals surface area contributed by atoms with Crippen LogP contribution < -0.4 is 0 Å². The van der Waals surface area contributed by atoms with Crippen molar-refractivity contribution in [3.8, 4) is 0 Å². The maximum atomic E-state index is 12.3. The number of nitrogens with zero attached hydrogens (tertiary/aromatic N) is 3. The van der Waals surface area contributed by atoms with Gasteiger partial charge < -0.3 is 9.47 Å². The predicted octanol–water partition coefficient (Wildman–Crippen LogP) is -0.922. The number of hydrazone groups is 1. The minimum Gasteiger partial charge on any atom is -0.464 e. The Balaban J connectivity index is 2.31. The molecule has 1 fully saturated rings. The number of hydrogen-bond acceptors (Lipinski definition) is 6. The van der Waals surface area contributed by atoms with Gasteiger partial charge in [0.05, 0.1) is 26.0 Å². The van der Waals surface area contributed by atoms with Gasteiger partial charge in [-0.2, -0.15) is 5.10 Å². The molecule has 100 valence electrons. The van der Waals surface area contributed by atoms with Gasteiger partial charge in [-0.1, -0.05) is 0 Å². The van der Waals surface area contributed by atoms with Crippen molar-refractivity contribution in [3.05, 3.63) is 0 Å². The summed E-state index contributed by atoms with van der Waals surface area (Å²) in [5.41, 5.74) is -1.41. The van der Waals surface area contributed by atoms with Gasteiger partial charge in [-0.15, -0.1) is 0 Å². The largest absolute Gasteiger partial charge is 0.464 e. The lowest BCUT2D eigenvalue weighted by molar-refractivity contribution is -0.162. The second kappa shape index (κ2) is 5.03. The van der Waals surface area contributed by atoms with Crippen molar-refractivity contribution >= 4 is 18.1 Å². The van der Waals surface area contributed by atoms with E-state index in [1.807, 2.05) is 0 Å². The smallest absolute Gasteiger partial charge is 0.342 e. The Morgan fingerprint density at radius 1 is 1.56 bits per heavy atom. The number of carbonyl (C=O) groups excluding carboxylic acids is 2. The van der Waals surface area contributed by atoms with Crippen LogP contribution in [0.5, 0.6) is 0 Å². The van der Waals surface area contributed by atoms with E-state index in [9.17, 15) is 9.59 Å². The Morgan fingerprint density at radius 2 is 2.22 bits per heavy atom. The Morgan fingerprint density at radius 3 is 2.72 bits per heavy atom. The molecule has 18 heavy (non-hydrogen) atoms. The Bertz CT molecular complexity index is 378. The molecule has 0 N–H and O–H groups in total. The van der Waals surface area contributed by atoms with E-state index in [1.165, 1.54) is 18.3 Å². The SMILES string of the molecule is CCOC(=O)C1(N2CCOCC2)C=NN(C)C1=O. The van der Waals surface area contributed by atoms with Crippen LogP contribution in [0.15, 0.2) is 5.10 Å². The number of rotatable bonds is 3. The third-order valence-electron chi connectivity index (χ3n) is 3.13. The quantitative estimate of drug-likeness (QED) is 0.482. The standard InChI is InChI=1S/C11H17N3O4/c1-3-18-10(16)11(8-12-13(2)9(11)15)14-4-6-17-7-5-14/h8H,3-7H2,1-2H3. The molecule has 7 heteroatoms. The summed E-state index contributed by atoms with van der Waals surface area (Å²) in [5, 5.41) is 5.10. The van der Waals surface area contributed by atoms with E-state index < -0.39 is 11.5 Å². The molecule has 0 aromatic heterocycles. The number of likely N-dealkylation sites (N-methyl/N-ethyl adjacent to an activating group) is 1. The first-order valence-corrected chi connectivity index (χ1v) is 5.96. The van der Waals surface area contributed by atoms with Gasteiger partial charge in [0.2, 0.25) is 5.54 Å². The number of amides is 1. The molecular formula is C11H17N3O4. The highest BCUT2D eigenvalue weighted by Gasteiger charge is 2.56. The number of hydrogen-bond donors (Lipinski definition) is 0. The van der Waals surface area contributed by atoms with Crippen molar-refractivity contribution in [2.24, 2.45) is 5.10 Å². The van der Waals surface area contributed by atoms with Crippen molar-refractivity contribution in [2.45, 2.75) is 12.5 Å². The van der Waals surface area contributed by atoms with Crippen LogP contribution in [0.4, 0.5) is 0 Å². The zero-order valence-corrected chi connectivity index (χ0v) is 10.6. The first-order chi connectivity index (χ1) is 8.63. The molecule has 0 bridgehead atoms. The Hall–Kier alpha value is -1.47. The fourth-order valence-corrected chi connectivity index (χ4v) is 2.17. The van der Waals surface area contributed by atoms with Crippen molar-refractivity contribution < 1.29 is 19.1 Å². The third kappa shape index (κ3) is 1.89. The van der Waals surface area contributed by atoms with Gasteiger partial charge in [-0.05, 0) is 6.92 Å². The van der Waals surface area contributed by atoms with Gasteiger partial charge in [0.15, 0.2) is 0 Å². The molecule has 2 heterocycles. The topological polar surface area (TPSA) is 71.4 Å². The zero-order chi connectivity index (χ0) is 13.2. The average Bonchev–Trinajstić information content (AvgIpc) is 2.69. The summed E-state index contributed by atoms with van der Waals surface area (Å²) in [6.45, 7) is 3.94. The molecule has 1 atom stereocenters. The van der Waals surface area contributed by atoms with Crippen molar-refractivity contribution in [1.29, 1.82) is 0 Å². The molecule has 0 spiro atoms. The lowest BCUT2D eigenvalue weighted by atomic mass is 9.97. The minimum atomic E-state index is -1.41. The molecule has 1 unspecified atom stereocenters. The van der Waals surface area contributed by atoms with Crippen LogP contribution in [-0.2, 0) is 19.1 Å². The maximum Gasteiger partial charge on any atom is 0.342 e. The molecule has 7 nitrogen and oxygen atoms in total. The highest BCUT2D eigenvalue weighted by Crippen LogP contribution is 2.24. The molecule has 0 radical (unpaired) electrons. The molecule has 2 aliphatic heterocycles. The second-order valence-corrected chi connectivity index (χ2v) is 4.16. The number of ether oxygens (including phenoxy) is 2. The molecular weight excluding hydrogens is 238 g/mol. The zero-order valence-electron chi connectivity index (χ0n) is 10.6. The predicted molar refractivity (Wildman–Crippen MR) is 63.0 cm³/mol. The van der Waals surface area contributed by atoms with Gasteiger partial charge >= 0.3 is 5.97 Å². The second-order valence-electron chi connectivity index (χ2n) is 4.16. The molecule has 2 aliphatic rings. The van der Waals surface area contributed by atoms with E-state index in [1.54, 1.807) is 11.8 Å². The van der Waals surface area contributed by atoms with Crippen molar-refractivity contribution in [3.63, 3.8) is 0 Å². The minimum absolute atomic E-state index is 0.232. The Kier molecular flexibility index (Phi) is 3.63. The van der Waals surface area contributed by atoms with E-state index in [0.717, 1.165) is 0 Å². The van der Waals surface area contributed by atoms with E-state index in [2.05, 4.69) is 5.10 Å². The highest BCUT2D eigenvalue weighted by atomic mass is 16.5. The lowest BCUT2D eigenvalue weighted by Crippen LogP contribution is -2.64. The summed E-state index contributed by atoms with van der Waals surface area (Å²) in [4.78, 5) is 26.2. The van der Waals surface area contributed by atoms with Crippen LogP contribution in [0.25, 0.3) is 0 Å². The molecule has 0 aliphatic carbocycles. The van der Waals surface area contributed by atoms with Crippen LogP contribution in [0.1, 0.15) is 6.92 Å². The Labute approximate surface area is 105 Å². The fraction of sp³-hybridized carbons (Fsp3) is 0.727. The lowest BCUT2D eigenvalue weighted by Gasteiger charge is -2.37. The van der Waals surface area contributed by atoms with Crippen LogP contribution in [0.3, 0.4) is 0 Å². The van der Waals surface area contributed by atoms with Crippen LogP contribution >= 0.6 is 0 Å². The number of carbonyl (C=O) groups is 2. The first kappa shape index (κ1) is 13.0. The summed E-state index contributed by atoms with van der Waals surface area (Å²) in [5.74, 6) is -0.937. The molecule has 2 rings (SSSR count). The van der Waals surface area contributed by atoms with Gasteiger partial charge in [0.1, 0.15) is 0 Å². The number of esters is 1. The number of morpholine rings is 1. The van der Waals surface area contributed by atoms with Crippen molar-refractivity contribution in [2.75, 3.05) is 40.0 Å². The molecule has 0 saturated carbocycles. The maximum absolute atomic E-state index is 12.3. The summed E-state index contributed by atoms with van der Waals surface area (Å²) >= 11 is 0. The molecule has 0 aromatic rings. The fourth-order valence-electron chi connectivity index (χ4n) is 2.17. The summed E-state index contributed by atoms with van der Waals surface area (Å²) in [6, 6.07) is 0. The van der Waals surface area contributed by atoms with Gasteiger partial charge in [-0.25, -0.2) is 9.80 Å². The van der Waals surface area contributed by atoms with Gasteiger partial charge in [0.25, 0.3) is 5.91 Å².